The van der Waals surface area contributed by atoms with Crippen LogP contribution < -0.4 is 15.2 Å². The number of morpholine rings is 1. The van der Waals surface area contributed by atoms with E-state index in [2.05, 4.69) is 17.0 Å². The van der Waals surface area contributed by atoms with Crippen LogP contribution in [0.5, 0.6) is 11.5 Å². The molecule has 0 unspecified atom stereocenters. The van der Waals surface area contributed by atoms with Gasteiger partial charge in [-0.3, -0.25) is 4.99 Å². The van der Waals surface area contributed by atoms with E-state index in [0.717, 1.165) is 50.6 Å². The number of nitrogens with zero attached hydrogens (tertiary/aromatic N) is 2. The normalized spacial score (nSPS) is 22.0. The van der Waals surface area contributed by atoms with Crippen LogP contribution in [0.3, 0.4) is 0 Å². The Morgan fingerprint density at radius 3 is 2.50 bits per heavy atom. The van der Waals surface area contributed by atoms with Gasteiger partial charge >= 0.3 is 0 Å². The van der Waals surface area contributed by atoms with Gasteiger partial charge in [-0.2, -0.15) is 0 Å². The molecular weight excluding hydrogens is 449 g/mol. The molecule has 2 fully saturated rings. The van der Waals surface area contributed by atoms with Gasteiger partial charge in [0, 0.05) is 31.7 Å². The Bertz CT molecular complexity index is 643. The predicted molar refractivity (Wildman–Crippen MR) is 109 cm³/mol. The summed E-state index contributed by atoms with van der Waals surface area (Å²) < 4.78 is 22.0. The van der Waals surface area contributed by atoms with Gasteiger partial charge in [-0.15, -0.1) is 24.0 Å². The van der Waals surface area contributed by atoms with E-state index in [9.17, 15) is 0 Å². The van der Waals surface area contributed by atoms with Crippen LogP contribution in [0.1, 0.15) is 18.4 Å². The highest BCUT2D eigenvalue weighted by Gasteiger charge is 2.36. The number of halogens is 1. The van der Waals surface area contributed by atoms with E-state index in [-0.39, 0.29) is 36.2 Å². The third-order valence-electron chi connectivity index (χ3n) is 5.31. The highest BCUT2D eigenvalue weighted by Crippen LogP contribution is 2.41. The molecule has 0 saturated carbocycles. The summed E-state index contributed by atoms with van der Waals surface area (Å²) in [6.07, 6.45) is 1.85. The average Bonchev–Trinajstić information content (AvgIpc) is 3.15. The Labute approximate surface area is 170 Å². The van der Waals surface area contributed by atoms with Crippen molar-refractivity contribution < 1.29 is 18.9 Å². The minimum Gasteiger partial charge on any atom is -0.454 e. The average molecular weight is 475 g/mol. The quantitative estimate of drug-likeness (QED) is 0.408. The van der Waals surface area contributed by atoms with Gasteiger partial charge in [0.05, 0.1) is 19.8 Å². The van der Waals surface area contributed by atoms with Gasteiger partial charge in [0.25, 0.3) is 0 Å². The fourth-order valence-electron chi connectivity index (χ4n) is 3.65. The molecule has 8 heteroatoms. The molecule has 7 nitrogen and oxygen atoms in total. The van der Waals surface area contributed by atoms with Gasteiger partial charge in [0.2, 0.25) is 6.79 Å². The van der Waals surface area contributed by atoms with Crippen molar-refractivity contribution in [2.45, 2.75) is 18.3 Å². The van der Waals surface area contributed by atoms with Crippen molar-refractivity contribution >= 4 is 29.9 Å². The lowest BCUT2D eigenvalue weighted by molar-refractivity contribution is 0.0524. The zero-order chi connectivity index (χ0) is 17.1. The molecule has 0 amide bonds. The van der Waals surface area contributed by atoms with E-state index in [1.807, 2.05) is 6.07 Å². The molecule has 1 aromatic carbocycles. The maximum Gasteiger partial charge on any atom is 0.231 e. The second-order valence-corrected chi connectivity index (χ2v) is 6.73. The summed E-state index contributed by atoms with van der Waals surface area (Å²) in [6, 6.07) is 6.21. The van der Waals surface area contributed by atoms with Crippen LogP contribution in [0.25, 0.3) is 0 Å². The van der Waals surface area contributed by atoms with E-state index in [4.69, 9.17) is 29.7 Å². The molecule has 0 aliphatic carbocycles. The summed E-state index contributed by atoms with van der Waals surface area (Å²) in [5.41, 5.74) is 7.38. The number of aliphatic imine (C=N–C) groups is 1. The van der Waals surface area contributed by atoms with Gasteiger partial charge in [0.15, 0.2) is 17.5 Å². The van der Waals surface area contributed by atoms with E-state index in [1.54, 1.807) is 0 Å². The Balaban J connectivity index is 0.00000196. The first-order valence-electron chi connectivity index (χ1n) is 8.87. The summed E-state index contributed by atoms with van der Waals surface area (Å²) in [5, 5.41) is 0. The van der Waals surface area contributed by atoms with Gasteiger partial charge in [0.1, 0.15) is 0 Å². The molecule has 1 aromatic rings. The number of hydrogen-bond acceptors (Lipinski definition) is 5. The number of ether oxygens (including phenoxy) is 4. The number of fused-ring (bicyclic) bond motifs is 1. The molecule has 0 bridgehead atoms. The number of guanidine groups is 1. The molecule has 0 spiro atoms. The van der Waals surface area contributed by atoms with Gasteiger partial charge < -0.3 is 29.6 Å². The topological polar surface area (TPSA) is 78.5 Å². The zero-order valence-corrected chi connectivity index (χ0v) is 17.1. The predicted octanol–water partition coefficient (Wildman–Crippen LogP) is 1.73. The third kappa shape index (κ3) is 4.01. The summed E-state index contributed by atoms with van der Waals surface area (Å²) >= 11 is 0. The lowest BCUT2D eigenvalue weighted by atomic mass is 9.74. The van der Waals surface area contributed by atoms with Crippen molar-refractivity contribution in [3.8, 4) is 11.5 Å². The highest BCUT2D eigenvalue weighted by molar-refractivity contribution is 14.0. The van der Waals surface area contributed by atoms with Crippen LogP contribution in [-0.4, -0.2) is 63.7 Å². The molecular formula is C18H26IN3O4. The lowest BCUT2D eigenvalue weighted by Crippen LogP contribution is -2.46. The Morgan fingerprint density at radius 1 is 1.04 bits per heavy atom. The number of rotatable bonds is 3. The number of hydrogen-bond donors (Lipinski definition) is 1. The summed E-state index contributed by atoms with van der Waals surface area (Å²) in [5.74, 6) is 2.23. The first kappa shape index (κ1) is 19.5. The summed E-state index contributed by atoms with van der Waals surface area (Å²) in [7, 11) is 0. The van der Waals surface area contributed by atoms with Gasteiger partial charge in [-0.25, -0.2) is 0 Å². The van der Waals surface area contributed by atoms with Crippen LogP contribution in [0.15, 0.2) is 23.2 Å². The second-order valence-electron chi connectivity index (χ2n) is 6.73. The van der Waals surface area contributed by atoms with Crippen molar-refractivity contribution in [1.82, 2.24) is 4.90 Å². The third-order valence-corrected chi connectivity index (χ3v) is 5.31. The molecule has 2 saturated heterocycles. The minimum atomic E-state index is -0.0733. The van der Waals surface area contributed by atoms with E-state index in [0.29, 0.717) is 25.7 Å². The largest absolute Gasteiger partial charge is 0.454 e. The van der Waals surface area contributed by atoms with Crippen molar-refractivity contribution in [3.05, 3.63) is 23.8 Å². The lowest BCUT2D eigenvalue weighted by Gasteiger charge is -2.37. The fraction of sp³-hybridized carbons (Fsp3) is 0.611. The molecule has 26 heavy (non-hydrogen) atoms. The maximum absolute atomic E-state index is 6.24. The van der Waals surface area contributed by atoms with Crippen LogP contribution >= 0.6 is 24.0 Å². The van der Waals surface area contributed by atoms with Crippen molar-refractivity contribution in [3.63, 3.8) is 0 Å². The Hall–Kier alpha value is -1.26. The maximum atomic E-state index is 6.24. The second kappa shape index (κ2) is 8.62. The van der Waals surface area contributed by atoms with Crippen LogP contribution in [0.2, 0.25) is 0 Å². The molecule has 0 atom stereocenters. The first-order chi connectivity index (χ1) is 12.3. The van der Waals surface area contributed by atoms with Crippen molar-refractivity contribution in [1.29, 1.82) is 0 Å². The highest BCUT2D eigenvalue weighted by atomic mass is 127. The van der Waals surface area contributed by atoms with E-state index >= 15 is 0 Å². The Morgan fingerprint density at radius 2 is 1.73 bits per heavy atom. The van der Waals surface area contributed by atoms with E-state index < -0.39 is 0 Å². The smallest absolute Gasteiger partial charge is 0.231 e. The standard InChI is InChI=1S/C18H25N3O4.HI/c19-17(21-5-9-23-10-6-21)20-12-18(3-7-22-8-4-18)14-1-2-15-16(11-14)25-13-24-15;/h1-2,11H,3-10,12-13H2,(H2,19,20);1H. The summed E-state index contributed by atoms with van der Waals surface area (Å²) in [6.45, 7) is 5.43. The zero-order valence-electron chi connectivity index (χ0n) is 14.8. The molecule has 3 aliphatic rings. The molecule has 0 aromatic heterocycles. The van der Waals surface area contributed by atoms with Crippen LogP contribution in [0.4, 0.5) is 0 Å². The molecule has 144 valence electrons. The number of benzene rings is 1. The SMILES string of the molecule is I.NC(=NCC1(c2ccc3c(c2)OCO3)CCOCC1)N1CCOCC1. The monoisotopic (exact) mass is 475 g/mol. The molecule has 4 rings (SSSR count). The molecule has 3 heterocycles. The first-order valence-corrected chi connectivity index (χ1v) is 8.87. The Kier molecular flexibility index (Phi) is 6.46. The van der Waals surface area contributed by atoms with Crippen LogP contribution in [0, 0.1) is 0 Å². The minimum absolute atomic E-state index is 0. The number of nitrogens with two attached hydrogens (primary N) is 1. The molecule has 2 N–H and O–H groups in total. The summed E-state index contributed by atoms with van der Waals surface area (Å²) in [4.78, 5) is 6.84. The van der Waals surface area contributed by atoms with Crippen molar-refractivity contribution in [2.75, 3.05) is 52.9 Å². The van der Waals surface area contributed by atoms with Crippen LogP contribution in [-0.2, 0) is 14.9 Å². The van der Waals surface area contributed by atoms with Crippen molar-refractivity contribution in [2.24, 2.45) is 10.7 Å². The molecule has 0 radical (unpaired) electrons. The van der Waals surface area contributed by atoms with E-state index in [1.165, 1.54) is 5.56 Å². The van der Waals surface area contributed by atoms with Gasteiger partial charge in [-0.1, -0.05) is 6.07 Å². The fourth-order valence-corrected chi connectivity index (χ4v) is 3.65. The molecule has 3 aliphatic heterocycles. The van der Waals surface area contributed by atoms with Gasteiger partial charge in [-0.05, 0) is 30.5 Å².